The van der Waals surface area contributed by atoms with Crippen LogP contribution in [0.25, 0.3) is 0 Å². The Morgan fingerprint density at radius 1 is 1.47 bits per heavy atom. The third kappa shape index (κ3) is 2.55. The number of hydrogen-bond donors (Lipinski definition) is 0. The van der Waals surface area contributed by atoms with E-state index in [1.165, 1.54) is 0 Å². The summed E-state index contributed by atoms with van der Waals surface area (Å²) in [6.45, 7) is 7.23. The Morgan fingerprint density at radius 2 is 2.33 bits per heavy atom. The Bertz CT molecular complexity index is 300. The summed E-state index contributed by atoms with van der Waals surface area (Å²) in [5.74, 6) is 0. The van der Waals surface area contributed by atoms with Crippen molar-refractivity contribution in [3.8, 4) is 0 Å². The van der Waals surface area contributed by atoms with Crippen LogP contribution >= 0.6 is 0 Å². The molecule has 2 rings (SSSR count). The monoisotopic (exact) mass is 206 g/mol. The molecule has 2 heterocycles. The first-order valence-electron chi connectivity index (χ1n) is 5.54. The van der Waals surface area contributed by atoms with E-state index >= 15 is 0 Å². The Hall–Kier alpha value is -0.930. The standard InChI is InChI=1S/C12H18N2O/c1-10(2)14-7-8-15-12(9-14)11-5-3-4-6-13-11/h3-6,10,12H,7-9H2,1-2H3/t12-/m0/s1. The molecule has 0 spiro atoms. The van der Waals surface area contributed by atoms with Crippen molar-refractivity contribution in [1.82, 2.24) is 9.88 Å². The van der Waals surface area contributed by atoms with Gasteiger partial charge in [-0.05, 0) is 26.0 Å². The fourth-order valence-electron chi connectivity index (χ4n) is 1.88. The van der Waals surface area contributed by atoms with Gasteiger partial charge in [-0.3, -0.25) is 9.88 Å². The van der Waals surface area contributed by atoms with E-state index < -0.39 is 0 Å². The minimum Gasteiger partial charge on any atom is -0.369 e. The van der Waals surface area contributed by atoms with Crippen LogP contribution in [0.5, 0.6) is 0 Å². The second-order valence-corrected chi connectivity index (χ2v) is 4.20. The van der Waals surface area contributed by atoms with Crippen molar-refractivity contribution >= 4 is 0 Å². The predicted molar refractivity (Wildman–Crippen MR) is 59.6 cm³/mol. The topological polar surface area (TPSA) is 25.4 Å². The van der Waals surface area contributed by atoms with Crippen LogP contribution in [-0.4, -0.2) is 35.6 Å². The highest BCUT2D eigenvalue weighted by Crippen LogP contribution is 2.21. The van der Waals surface area contributed by atoms with Crippen LogP contribution in [0.1, 0.15) is 25.6 Å². The number of ether oxygens (including phenoxy) is 1. The summed E-state index contributed by atoms with van der Waals surface area (Å²) in [7, 11) is 0. The van der Waals surface area contributed by atoms with Gasteiger partial charge in [0, 0.05) is 25.3 Å². The van der Waals surface area contributed by atoms with Crippen molar-refractivity contribution in [1.29, 1.82) is 0 Å². The second kappa shape index (κ2) is 4.73. The van der Waals surface area contributed by atoms with Gasteiger partial charge in [-0.15, -0.1) is 0 Å². The van der Waals surface area contributed by atoms with Gasteiger partial charge in [0.1, 0.15) is 6.10 Å². The molecule has 0 aromatic carbocycles. The van der Waals surface area contributed by atoms with Gasteiger partial charge in [0.15, 0.2) is 0 Å². The zero-order valence-electron chi connectivity index (χ0n) is 9.39. The van der Waals surface area contributed by atoms with E-state index in [9.17, 15) is 0 Å². The van der Waals surface area contributed by atoms with Gasteiger partial charge in [-0.1, -0.05) is 6.07 Å². The molecule has 82 valence electrons. The van der Waals surface area contributed by atoms with Crippen LogP contribution in [0.2, 0.25) is 0 Å². The number of nitrogens with zero attached hydrogens (tertiary/aromatic N) is 2. The maximum absolute atomic E-state index is 5.74. The van der Waals surface area contributed by atoms with Crippen LogP contribution in [0.3, 0.4) is 0 Å². The van der Waals surface area contributed by atoms with Crippen molar-refractivity contribution in [2.45, 2.75) is 26.0 Å². The molecule has 0 radical (unpaired) electrons. The first-order valence-corrected chi connectivity index (χ1v) is 5.54. The van der Waals surface area contributed by atoms with Gasteiger partial charge in [0.05, 0.1) is 12.3 Å². The summed E-state index contributed by atoms with van der Waals surface area (Å²) in [6, 6.07) is 6.57. The molecule has 0 bridgehead atoms. The maximum atomic E-state index is 5.74. The van der Waals surface area contributed by atoms with Crippen molar-refractivity contribution in [3.63, 3.8) is 0 Å². The van der Waals surface area contributed by atoms with E-state index in [1.54, 1.807) is 0 Å². The summed E-state index contributed by atoms with van der Waals surface area (Å²) in [6.07, 6.45) is 1.97. The average molecular weight is 206 g/mol. The molecular formula is C12H18N2O. The van der Waals surface area contributed by atoms with Crippen LogP contribution < -0.4 is 0 Å². The molecule has 1 aliphatic heterocycles. The molecule has 0 unspecified atom stereocenters. The highest BCUT2D eigenvalue weighted by atomic mass is 16.5. The number of aromatic nitrogens is 1. The van der Waals surface area contributed by atoms with Gasteiger partial charge in [-0.2, -0.15) is 0 Å². The molecule has 1 aromatic rings. The predicted octanol–water partition coefficient (Wildman–Crippen LogP) is 1.86. The Balaban J connectivity index is 2.05. The molecule has 0 amide bonds. The summed E-state index contributed by atoms with van der Waals surface area (Å²) in [5.41, 5.74) is 1.04. The smallest absolute Gasteiger partial charge is 0.112 e. The third-order valence-corrected chi connectivity index (χ3v) is 2.85. The molecule has 15 heavy (non-hydrogen) atoms. The summed E-state index contributed by atoms with van der Waals surface area (Å²) in [4.78, 5) is 6.78. The lowest BCUT2D eigenvalue weighted by molar-refractivity contribution is -0.0421. The molecular weight excluding hydrogens is 188 g/mol. The zero-order valence-corrected chi connectivity index (χ0v) is 9.39. The SMILES string of the molecule is CC(C)N1CCO[C@H](c2ccccn2)C1. The molecule has 1 fully saturated rings. The lowest BCUT2D eigenvalue weighted by Crippen LogP contribution is -2.42. The number of pyridine rings is 1. The fourth-order valence-corrected chi connectivity index (χ4v) is 1.88. The van der Waals surface area contributed by atoms with E-state index in [1.807, 2.05) is 24.4 Å². The minimum atomic E-state index is 0.141. The van der Waals surface area contributed by atoms with Crippen LogP contribution in [0.4, 0.5) is 0 Å². The van der Waals surface area contributed by atoms with Crippen LogP contribution in [0, 0.1) is 0 Å². The molecule has 0 aliphatic carbocycles. The highest BCUT2D eigenvalue weighted by Gasteiger charge is 2.23. The molecule has 0 saturated carbocycles. The number of rotatable bonds is 2. The quantitative estimate of drug-likeness (QED) is 0.738. The minimum absolute atomic E-state index is 0.141. The van der Waals surface area contributed by atoms with E-state index in [0.29, 0.717) is 6.04 Å². The molecule has 3 heteroatoms. The molecule has 1 saturated heterocycles. The van der Waals surface area contributed by atoms with Crippen molar-refractivity contribution in [2.75, 3.05) is 19.7 Å². The molecule has 0 N–H and O–H groups in total. The van der Waals surface area contributed by atoms with Crippen molar-refractivity contribution in [2.24, 2.45) is 0 Å². The summed E-state index contributed by atoms with van der Waals surface area (Å²) >= 11 is 0. The second-order valence-electron chi connectivity index (χ2n) is 4.20. The Morgan fingerprint density at radius 3 is 3.00 bits per heavy atom. The Labute approximate surface area is 91.1 Å². The van der Waals surface area contributed by atoms with E-state index in [-0.39, 0.29) is 6.10 Å². The number of hydrogen-bond acceptors (Lipinski definition) is 3. The van der Waals surface area contributed by atoms with E-state index in [4.69, 9.17) is 4.74 Å². The van der Waals surface area contributed by atoms with Crippen LogP contribution in [-0.2, 0) is 4.74 Å². The molecule has 3 nitrogen and oxygen atoms in total. The maximum Gasteiger partial charge on any atom is 0.112 e. The first-order chi connectivity index (χ1) is 7.27. The van der Waals surface area contributed by atoms with Crippen LogP contribution in [0.15, 0.2) is 24.4 Å². The van der Waals surface area contributed by atoms with Gasteiger partial charge in [0.25, 0.3) is 0 Å². The fraction of sp³-hybridized carbons (Fsp3) is 0.583. The van der Waals surface area contributed by atoms with Gasteiger partial charge in [-0.25, -0.2) is 0 Å². The normalized spacial score (nSPS) is 23.3. The van der Waals surface area contributed by atoms with Gasteiger partial charge >= 0.3 is 0 Å². The lowest BCUT2D eigenvalue weighted by atomic mass is 10.1. The van der Waals surface area contributed by atoms with Gasteiger partial charge in [0.2, 0.25) is 0 Å². The van der Waals surface area contributed by atoms with E-state index in [0.717, 1.165) is 25.4 Å². The summed E-state index contributed by atoms with van der Waals surface area (Å²) in [5, 5.41) is 0. The zero-order chi connectivity index (χ0) is 10.7. The molecule has 1 aromatic heterocycles. The first kappa shape index (κ1) is 10.6. The number of morpholine rings is 1. The molecule has 1 aliphatic rings. The Kier molecular flexibility index (Phi) is 3.34. The molecule has 1 atom stereocenters. The van der Waals surface area contributed by atoms with Gasteiger partial charge < -0.3 is 4.74 Å². The van der Waals surface area contributed by atoms with Crippen molar-refractivity contribution < 1.29 is 4.74 Å². The highest BCUT2D eigenvalue weighted by molar-refractivity contribution is 5.08. The average Bonchev–Trinajstić information content (AvgIpc) is 2.30. The third-order valence-electron chi connectivity index (χ3n) is 2.85. The van der Waals surface area contributed by atoms with E-state index in [2.05, 4.69) is 23.7 Å². The van der Waals surface area contributed by atoms with Crippen molar-refractivity contribution in [3.05, 3.63) is 30.1 Å². The summed E-state index contributed by atoms with van der Waals surface area (Å²) < 4.78 is 5.74. The largest absolute Gasteiger partial charge is 0.369 e. The lowest BCUT2D eigenvalue weighted by Gasteiger charge is -2.35.